The number of benzene rings is 1. The molecule has 1 aliphatic carbocycles. The molecule has 0 aliphatic heterocycles. The lowest BCUT2D eigenvalue weighted by atomic mass is 10.0. The number of nitriles is 1. The van der Waals surface area contributed by atoms with Crippen LogP contribution in [0.5, 0.6) is 0 Å². The molecule has 0 heterocycles. The molecule has 0 aromatic heterocycles. The van der Waals surface area contributed by atoms with Gasteiger partial charge in [0, 0.05) is 22.9 Å². The Morgan fingerprint density at radius 3 is 2.65 bits per heavy atom. The van der Waals surface area contributed by atoms with Crippen molar-refractivity contribution in [2.75, 3.05) is 11.9 Å². The van der Waals surface area contributed by atoms with Gasteiger partial charge in [-0.1, -0.05) is 23.2 Å². The first kappa shape index (κ1) is 13.0. The van der Waals surface area contributed by atoms with Crippen molar-refractivity contribution >= 4 is 44.8 Å². The summed E-state index contributed by atoms with van der Waals surface area (Å²) in [4.78, 5) is 0. The van der Waals surface area contributed by atoms with Crippen LogP contribution in [0.2, 0.25) is 10.0 Å². The summed E-state index contributed by atoms with van der Waals surface area (Å²) in [6.07, 6.45) is 2.81. The number of nitrogens with one attached hydrogen (secondary N) is 1. The van der Waals surface area contributed by atoms with E-state index in [1.807, 2.05) is 12.1 Å². The quantitative estimate of drug-likeness (QED) is 0.798. The molecule has 2 rings (SSSR count). The van der Waals surface area contributed by atoms with Crippen LogP contribution in [0, 0.1) is 16.7 Å². The second kappa shape index (κ2) is 5.06. The standard InChI is InChI=1S/C12H11BrCl2N2/c13-8-1-2-9(11(15)10(8)14)17-7-12(3-4-12)5-6-16/h1-2,17H,3-5,7H2. The predicted molar refractivity (Wildman–Crippen MR) is 74.5 cm³/mol. The van der Waals surface area contributed by atoms with Crippen LogP contribution < -0.4 is 5.32 Å². The molecular formula is C12H11BrCl2N2. The van der Waals surface area contributed by atoms with Gasteiger partial charge in [-0.05, 0) is 40.9 Å². The van der Waals surface area contributed by atoms with E-state index in [9.17, 15) is 0 Å². The van der Waals surface area contributed by atoms with Crippen LogP contribution in [0.1, 0.15) is 19.3 Å². The Morgan fingerprint density at radius 1 is 1.35 bits per heavy atom. The molecule has 1 N–H and O–H groups in total. The van der Waals surface area contributed by atoms with Gasteiger partial charge >= 0.3 is 0 Å². The van der Waals surface area contributed by atoms with Crippen molar-refractivity contribution in [1.29, 1.82) is 5.26 Å². The summed E-state index contributed by atoms with van der Waals surface area (Å²) in [6, 6.07) is 5.99. The number of anilines is 1. The summed E-state index contributed by atoms with van der Waals surface area (Å²) in [7, 11) is 0. The average molecular weight is 334 g/mol. The van der Waals surface area contributed by atoms with Crippen molar-refractivity contribution in [2.45, 2.75) is 19.3 Å². The Labute approximate surface area is 119 Å². The van der Waals surface area contributed by atoms with Crippen LogP contribution in [0.4, 0.5) is 5.69 Å². The van der Waals surface area contributed by atoms with Gasteiger partial charge in [0.15, 0.2) is 0 Å². The third-order valence-corrected chi connectivity index (χ3v) is 4.87. The minimum absolute atomic E-state index is 0.150. The van der Waals surface area contributed by atoms with Crippen molar-refractivity contribution in [1.82, 2.24) is 0 Å². The lowest BCUT2D eigenvalue weighted by Gasteiger charge is -2.15. The molecule has 90 valence electrons. The highest BCUT2D eigenvalue weighted by molar-refractivity contribution is 9.10. The average Bonchev–Trinajstić information content (AvgIpc) is 3.06. The fourth-order valence-electron chi connectivity index (χ4n) is 1.71. The van der Waals surface area contributed by atoms with Crippen molar-refractivity contribution in [3.05, 3.63) is 26.7 Å². The maximum atomic E-state index is 8.74. The van der Waals surface area contributed by atoms with Crippen LogP contribution in [0.15, 0.2) is 16.6 Å². The first-order valence-electron chi connectivity index (χ1n) is 5.32. The van der Waals surface area contributed by atoms with E-state index in [0.29, 0.717) is 16.5 Å². The van der Waals surface area contributed by atoms with E-state index < -0.39 is 0 Å². The number of nitrogens with zero attached hydrogens (tertiary/aromatic N) is 1. The molecule has 1 aliphatic rings. The molecule has 0 unspecified atom stereocenters. The molecule has 1 aromatic carbocycles. The summed E-state index contributed by atoms with van der Waals surface area (Å²) < 4.78 is 0.785. The molecule has 1 fully saturated rings. The largest absolute Gasteiger partial charge is 0.383 e. The first-order chi connectivity index (χ1) is 8.08. The molecule has 0 radical (unpaired) electrons. The zero-order valence-electron chi connectivity index (χ0n) is 9.06. The van der Waals surface area contributed by atoms with E-state index in [-0.39, 0.29) is 5.41 Å². The zero-order valence-corrected chi connectivity index (χ0v) is 12.2. The Bertz CT molecular complexity index is 478. The summed E-state index contributed by atoms with van der Waals surface area (Å²) in [5, 5.41) is 13.1. The second-order valence-corrected chi connectivity index (χ2v) is 6.02. The van der Waals surface area contributed by atoms with E-state index in [1.54, 1.807) is 0 Å². The lowest BCUT2D eigenvalue weighted by molar-refractivity contribution is 0.557. The third-order valence-electron chi connectivity index (χ3n) is 3.10. The molecule has 17 heavy (non-hydrogen) atoms. The van der Waals surface area contributed by atoms with Gasteiger partial charge in [-0.2, -0.15) is 5.26 Å². The Balaban J connectivity index is 2.05. The SMILES string of the molecule is N#CCC1(CNc2ccc(Br)c(Cl)c2Cl)CC1. The maximum absolute atomic E-state index is 8.74. The topological polar surface area (TPSA) is 35.8 Å². The minimum Gasteiger partial charge on any atom is -0.383 e. The number of hydrogen-bond donors (Lipinski definition) is 1. The zero-order chi connectivity index (χ0) is 12.5. The monoisotopic (exact) mass is 332 g/mol. The van der Waals surface area contributed by atoms with Crippen molar-refractivity contribution in [3.63, 3.8) is 0 Å². The Kier molecular flexibility index (Phi) is 3.87. The summed E-state index contributed by atoms with van der Waals surface area (Å²) in [5.74, 6) is 0. The van der Waals surface area contributed by atoms with Crippen LogP contribution >= 0.6 is 39.1 Å². The summed E-state index contributed by atoms with van der Waals surface area (Å²) in [6.45, 7) is 0.776. The highest BCUT2D eigenvalue weighted by Crippen LogP contribution is 2.49. The number of rotatable bonds is 4. The molecule has 0 saturated heterocycles. The fraction of sp³-hybridized carbons (Fsp3) is 0.417. The maximum Gasteiger partial charge on any atom is 0.0835 e. The van der Waals surface area contributed by atoms with E-state index in [0.717, 1.165) is 29.5 Å². The highest BCUT2D eigenvalue weighted by atomic mass is 79.9. The van der Waals surface area contributed by atoms with Gasteiger partial charge in [-0.15, -0.1) is 0 Å². The van der Waals surface area contributed by atoms with E-state index in [1.165, 1.54) is 0 Å². The molecular weight excluding hydrogens is 323 g/mol. The van der Waals surface area contributed by atoms with Crippen molar-refractivity contribution in [2.24, 2.45) is 5.41 Å². The first-order valence-corrected chi connectivity index (χ1v) is 6.87. The van der Waals surface area contributed by atoms with Crippen LogP contribution in [-0.2, 0) is 0 Å². The Hall–Kier alpha value is -0.430. The molecule has 5 heteroatoms. The Morgan fingerprint density at radius 2 is 2.06 bits per heavy atom. The van der Waals surface area contributed by atoms with Crippen molar-refractivity contribution < 1.29 is 0 Å². The fourth-order valence-corrected chi connectivity index (χ4v) is 2.55. The van der Waals surface area contributed by atoms with Crippen LogP contribution in [0.3, 0.4) is 0 Å². The summed E-state index contributed by atoms with van der Waals surface area (Å²) >= 11 is 15.5. The smallest absolute Gasteiger partial charge is 0.0835 e. The molecule has 0 spiro atoms. The van der Waals surface area contributed by atoms with Crippen molar-refractivity contribution in [3.8, 4) is 6.07 Å². The number of hydrogen-bond acceptors (Lipinski definition) is 2. The molecule has 0 amide bonds. The molecule has 0 bridgehead atoms. The van der Waals surface area contributed by atoms with Crippen LogP contribution in [-0.4, -0.2) is 6.54 Å². The van der Waals surface area contributed by atoms with Gasteiger partial charge in [0.2, 0.25) is 0 Å². The van der Waals surface area contributed by atoms with Gasteiger partial charge in [0.25, 0.3) is 0 Å². The second-order valence-electron chi connectivity index (χ2n) is 4.41. The number of halogens is 3. The lowest BCUT2D eigenvalue weighted by Crippen LogP contribution is -2.15. The normalized spacial score (nSPS) is 16.4. The summed E-state index contributed by atoms with van der Waals surface area (Å²) in [5.41, 5.74) is 0.974. The van der Waals surface area contributed by atoms with E-state index in [2.05, 4.69) is 27.3 Å². The molecule has 1 saturated carbocycles. The van der Waals surface area contributed by atoms with Gasteiger partial charge in [-0.25, -0.2) is 0 Å². The minimum atomic E-state index is 0.150. The highest BCUT2D eigenvalue weighted by Gasteiger charge is 2.42. The molecule has 0 atom stereocenters. The van der Waals surface area contributed by atoms with Gasteiger partial charge in [-0.3, -0.25) is 0 Å². The molecule has 1 aromatic rings. The van der Waals surface area contributed by atoms with Gasteiger partial charge in [0.05, 0.1) is 21.8 Å². The third kappa shape index (κ3) is 2.88. The van der Waals surface area contributed by atoms with E-state index >= 15 is 0 Å². The van der Waals surface area contributed by atoms with Crippen LogP contribution in [0.25, 0.3) is 0 Å². The van der Waals surface area contributed by atoms with E-state index in [4.69, 9.17) is 28.5 Å². The molecule has 2 nitrogen and oxygen atoms in total. The predicted octanol–water partition coefficient (Wildman–Crippen LogP) is 4.86. The van der Waals surface area contributed by atoms with Gasteiger partial charge in [0.1, 0.15) is 0 Å². The van der Waals surface area contributed by atoms with Gasteiger partial charge < -0.3 is 5.32 Å².